The molecule has 0 saturated carbocycles. The molecular formula is C23H30N2O2. The van der Waals surface area contributed by atoms with Gasteiger partial charge in [-0.15, -0.1) is 0 Å². The SMILES string of the molecule is CCN(CC)C(=O)c1ccc(C(c2cccc(O)c2)C2CCNCC2)cc1. The molecule has 2 aromatic carbocycles. The van der Waals surface area contributed by atoms with Crippen molar-refractivity contribution in [3.05, 3.63) is 65.2 Å². The lowest BCUT2D eigenvalue weighted by Crippen LogP contribution is -2.31. The highest BCUT2D eigenvalue weighted by Crippen LogP contribution is 2.38. The van der Waals surface area contributed by atoms with Gasteiger partial charge in [0.2, 0.25) is 0 Å². The number of hydrogen-bond donors (Lipinski definition) is 2. The molecule has 27 heavy (non-hydrogen) atoms. The van der Waals surface area contributed by atoms with Crippen molar-refractivity contribution >= 4 is 5.91 Å². The van der Waals surface area contributed by atoms with Crippen LogP contribution in [-0.2, 0) is 0 Å². The highest BCUT2D eigenvalue weighted by atomic mass is 16.3. The van der Waals surface area contributed by atoms with Crippen LogP contribution in [0.3, 0.4) is 0 Å². The maximum Gasteiger partial charge on any atom is 0.253 e. The fourth-order valence-corrected chi connectivity index (χ4v) is 4.16. The van der Waals surface area contributed by atoms with Crippen molar-refractivity contribution in [1.29, 1.82) is 0 Å². The highest BCUT2D eigenvalue weighted by Gasteiger charge is 2.27. The monoisotopic (exact) mass is 366 g/mol. The number of piperidine rings is 1. The number of hydrogen-bond acceptors (Lipinski definition) is 3. The average Bonchev–Trinajstić information content (AvgIpc) is 2.70. The Morgan fingerprint density at radius 2 is 1.74 bits per heavy atom. The van der Waals surface area contributed by atoms with Gasteiger partial charge in [0, 0.05) is 24.6 Å². The summed E-state index contributed by atoms with van der Waals surface area (Å²) in [6, 6.07) is 15.7. The van der Waals surface area contributed by atoms with Crippen LogP contribution in [0, 0.1) is 5.92 Å². The molecule has 1 unspecified atom stereocenters. The van der Waals surface area contributed by atoms with Gasteiger partial charge in [-0.2, -0.15) is 0 Å². The van der Waals surface area contributed by atoms with Crippen molar-refractivity contribution in [1.82, 2.24) is 10.2 Å². The van der Waals surface area contributed by atoms with Crippen molar-refractivity contribution < 1.29 is 9.90 Å². The number of carbonyl (C=O) groups is 1. The molecule has 1 heterocycles. The predicted molar refractivity (Wildman–Crippen MR) is 109 cm³/mol. The molecule has 1 amide bonds. The second-order valence-electron chi connectivity index (χ2n) is 7.26. The smallest absolute Gasteiger partial charge is 0.253 e. The summed E-state index contributed by atoms with van der Waals surface area (Å²) in [6.45, 7) is 7.50. The molecule has 1 aliphatic rings. The van der Waals surface area contributed by atoms with Crippen LogP contribution < -0.4 is 5.32 Å². The zero-order valence-corrected chi connectivity index (χ0v) is 16.3. The summed E-state index contributed by atoms with van der Waals surface area (Å²) in [5.74, 6) is 1.15. The normalized spacial score (nSPS) is 16.1. The topological polar surface area (TPSA) is 52.6 Å². The number of nitrogens with zero attached hydrogens (tertiary/aromatic N) is 1. The van der Waals surface area contributed by atoms with Crippen LogP contribution in [0.25, 0.3) is 0 Å². The van der Waals surface area contributed by atoms with E-state index in [1.807, 2.05) is 43.0 Å². The Labute approximate surface area is 162 Å². The molecule has 144 valence electrons. The Morgan fingerprint density at radius 3 is 2.33 bits per heavy atom. The molecule has 4 heteroatoms. The summed E-state index contributed by atoms with van der Waals surface area (Å²) in [5.41, 5.74) is 3.09. The van der Waals surface area contributed by atoms with Crippen molar-refractivity contribution in [3.8, 4) is 5.75 Å². The maximum atomic E-state index is 12.6. The average molecular weight is 367 g/mol. The second-order valence-corrected chi connectivity index (χ2v) is 7.26. The molecule has 4 nitrogen and oxygen atoms in total. The third-order valence-electron chi connectivity index (χ3n) is 5.65. The lowest BCUT2D eigenvalue weighted by atomic mass is 9.76. The van der Waals surface area contributed by atoms with E-state index in [1.54, 1.807) is 6.07 Å². The summed E-state index contributed by atoms with van der Waals surface area (Å²) >= 11 is 0. The van der Waals surface area contributed by atoms with E-state index in [-0.39, 0.29) is 11.8 Å². The van der Waals surface area contributed by atoms with Gasteiger partial charge in [-0.3, -0.25) is 4.79 Å². The molecule has 2 N–H and O–H groups in total. The molecule has 1 aliphatic heterocycles. The first-order chi connectivity index (χ1) is 13.1. The summed E-state index contributed by atoms with van der Waals surface area (Å²) in [6.07, 6.45) is 2.22. The largest absolute Gasteiger partial charge is 0.508 e. The van der Waals surface area contributed by atoms with Gasteiger partial charge in [0.25, 0.3) is 5.91 Å². The fraction of sp³-hybridized carbons (Fsp3) is 0.435. The first-order valence-corrected chi connectivity index (χ1v) is 10.0. The standard InChI is InChI=1S/C23H30N2O2/c1-3-25(4-2)23(27)19-10-8-17(9-11-19)22(18-12-14-24-15-13-18)20-6-5-7-21(26)16-20/h5-11,16,18,22,24,26H,3-4,12-15H2,1-2H3. The molecule has 1 atom stereocenters. The second kappa shape index (κ2) is 9.05. The minimum atomic E-state index is 0.0855. The number of rotatable bonds is 6. The van der Waals surface area contributed by atoms with Gasteiger partial charge >= 0.3 is 0 Å². The van der Waals surface area contributed by atoms with Gasteiger partial charge in [0.05, 0.1) is 0 Å². The van der Waals surface area contributed by atoms with Crippen LogP contribution in [0.4, 0.5) is 0 Å². The lowest BCUT2D eigenvalue weighted by molar-refractivity contribution is 0.0773. The van der Waals surface area contributed by atoms with Crippen molar-refractivity contribution in [3.63, 3.8) is 0 Å². The Balaban J connectivity index is 1.91. The number of phenolic OH excluding ortho intramolecular Hbond substituents is 1. The van der Waals surface area contributed by atoms with E-state index >= 15 is 0 Å². The number of phenols is 1. The van der Waals surface area contributed by atoms with Crippen LogP contribution in [0.5, 0.6) is 5.75 Å². The number of benzene rings is 2. The van der Waals surface area contributed by atoms with Crippen molar-refractivity contribution in [2.24, 2.45) is 5.92 Å². The first-order valence-electron chi connectivity index (χ1n) is 10.0. The molecule has 0 aliphatic carbocycles. The van der Waals surface area contributed by atoms with Crippen LogP contribution in [0.1, 0.15) is 54.1 Å². The molecular weight excluding hydrogens is 336 g/mol. The molecule has 0 aromatic heterocycles. The summed E-state index contributed by atoms with van der Waals surface area (Å²) < 4.78 is 0. The zero-order chi connectivity index (χ0) is 19.2. The van der Waals surface area contributed by atoms with Crippen molar-refractivity contribution in [2.75, 3.05) is 26.2 Å². The van der Waals surface area contributed by atoms with E-state index in [2.05, 4.69) is 23.5 Å². The maximum absolute atomic E-state index is 12.6. The van der Waals surface area contributed by atoms with E-state index in [1.165, 1.54) is 5.56 Å². The predicted octanol–water partition coefficient (Wildman–Crippen LogP) is 4.01. The van der Waals surface area contributed by atoms with Gasteiger partial charge in [0.1, 0.15) is 5.75 Å². The Morgan fingerprint density at radius 1 is 1.07 bits per heavy atom. The fourth-order valence-electron chi connectivity index (χ4n) is 4.16. The third kappa shape index (κ3) is 4.51. The number of amides is 1. The van der Waals surface area contributed by atoms with Gasteiger partial charge in [-0.25, -0.2) is 0 Å². The number of nitrogens with one attached hydrogen (secondary N) is 1. The van der Waals surface area contributed by atoms with Crippen LogP contribution in [0.15, 0.2) is 48.5 Å². The minimum absolute atomic E-state index is 0.0855. The molecule has 2 aromatic rings. The van der Waals surface area contributed by atoms with Crippen LogP contribution >= 0.6 is 0 Å². The van der Waals surface area contributed by atoms with E-state index in [0.717, 1.165) is 50.1 Å². The van der Waals surface area contributed by atoms with Gasteiger partial charge < -0.3 is 15.3 Å². The van der Waals surface area contributed by atoms with E-state index in [4.69, 9.17) is 0 Å². The van der Waals surface area contributed by atoms with E-state index in [0.29, 0.717) is 11.7 Å². The van der Waals surface area contributed by atoms with Crippen molar-refractivity contribution in [2.45, 2.75) is 32.6 Å². The first kappa shape index (κ1) is 19.4. The third-order valence-corrected chi connectivity index (χ3v) is 5.65. The van der Waals surface area contributed by atoms with E-state index in [9.17, 15) is 9.90 Å². The molecule has 0 spiro atoms. The number of aromatic hydroxyl groups is 1. The molecule has 1 fully saturated rings. The summed E-state index contributed by atoms with van der Waals surface area (Å²) in [7, 11) is 0. The van der Waals surface area contributed by atoms with Crippen LogP contribution in [-0.4, -0.2) is 42.1 Å². The molecule has 0 bridgehead atoms. The number of carbonyl (C=O) groups excluding carboxylic acids is 1. The Bertz CT molecular complexity index is 747. The molecule has 1 saturated heterocycles. The lowest BCUT2D eigenvalue weighted by Gasteiger charge is -2.32. The molecule has 3 rings (SSSR count). The van der Waals surface area contributed by atoms with E-state index < -0.39 is 0 Å². The summed E-state index contributed by atoms with van der Waals surface area (Å²) in [4.78, 5) is 14.4. The molecule has 0 radical (unpaired) electrons. The van der Waals surface area contributed by atoms with Gasteiger partial charge in [0.15, 0.2) is 0 Å². The highest BCUT2D eigenvalue weighted by molar-refractivity contribution is 5.94. The Hall–Kier alpha value is -2.33. The van der Waals surface area contributed by atoms with Gasteiger partial charge in [-0.1, -0.05) is 24.3 Å². The quantitative estimate of drug-likeness (QED) is 0.812. The minimum Gasteiger partial charge on any atom is -0.508 e. The summed E-state index contributed by atoms with van der Waals surface area (Å²) in [5, 5.41) is 13.4. The zero-order valence-electron chi connectivity index (χ0n) is 16.3. The Kier molecular flexibility index (Phi) is 6.51. The van der Waals surface area contributed by atoms with Gasteiger partial charge in [-0.05, 0) is 81.1 Å². The van der Waals surface area contributed by atoms with Crippen LogP contribution in [0.2, 0.25) is 0 Å².